The first-order chi connectivity index (χ1) is 11.0. The van der Waals surface area contributed by atoms with E-state index in [1.54, 1.807) is 6.07 Å². The summed E-state index contributed by atoms with van der Waals surface area (Å²) in [5.41, 5.74) is 1.41. The molecule has 5 nitrogen and oxygen atoms in total. The Morgan fingerprint density at radius 1 is 1.22 bits per heavy atom. The minimum Gasteiger partial charge on any atom is -0.508 e. The number of phenols is 1. The Labute approximate surface area is 134 Å². The maximum absolute atomic E-state index is 12.7. The quantitative estimate of drug-likeness (QED) is 0.941. The molecule has 5 heteroatoms. The third kappa shape index (κ3) is 3.18. The van der Waals surface area contributed by atoms with Gasteiger partial charge < -0.3 is 9.84 Å². The Kier molecular flexibility index (Phi) is 4.02. The summed E-state index contributed by atoms with van der Waals surface area (Å²) in [5.74, 6) is 0.106. The lowest BCUT2D eigenvalue weighted by atomic mass is 10.0. The molecule has 0 spiro atoms. The number of hydrogen-bond donors (Lipinski definition) is 1. The van der Waals surface area contributed by atoms with Gasteiger partial charge in [-0.15, -0.1) is 0 Å². The SMILES string of the molecule is CC(=O)CN1C(=O)C(Cc2ccccc2)Oc2ccc(O)cc21. The number of ketones is 1. The van der Waals surface area contributed by atoms with Crippen LogP contribution in [-0.2, 0) is 16.0 Å². The summed E-state index contributed by atoms with van der Waals surface area (Å²) >= 11 is 0. The molecule has 2 aromatic rings. The smallest absolute Gasteiger partial charge is 0.268 e. The molecule has 0 saturated heterocycles. The van der Waals surface area contributed by atoms with Crippen molar-refractivity contribution in [1.82, 2.24) is 0 Å². The van der Waals surface area contributed by atoms with Crippen molar-refractivity contribution in [3.63, 3.8) is 0 Å². The molecule has 2 aromatic carbocycles. The lowest BCUT2D eigenvalue weighted by molar-refractivity contribution is -0.128. The zero-order valence-corrected chi connectivity index (χ0v) is 12.7. The number of amides is 1. The molecule has 118 valence electrons. The number of Topliss-reactive ketones (excluding diaryl/α,β-unsaturated/α-hetero) is 1. The summed E-state index contributed by atoms with van der Waals surface area (Å²) < 4.78 is 5.80. The van der Waals surface area contributed by atoms with Gasteiger partial charge in [0.2, 0.25) is 0 Å². The van der Waals surface area contributed by atoms with E-state index in [-0.39, 0.29) is 24.0 Å². The number of ether oxygens (including phenoxy) is 1. The fourth-order valence-corrected chi connectivity index (χ4v) is 2.66. The predicted molar refractivity (Wildman–Crippen MR) is 85.7 cm³/mol. The van der Waals surface area contributed by atoms with Gasteiger partial charge in [0, 0.05) is 12.5 Å². The molecule has 23 heavy (non-hydrogen) atoms. The van der Waals surface area contributed by atoms with E-state index in [1.807, 2.05) is 30.3 Å². The summed E-state index contributed by atoms with van der Waals surface area (Å²) in [6, 6.07) is 14.1. The van der Waals surface area contributed by atoms with Crippen molar-refractivity contribution in [2.24, 2.45) is 0 Å². The number of nitrogens with zero attached hydrogens (tertiary/aromatic N) is 1. The number of carbonyl (C=O) groups excluding carboxylic acids is 2. The first-order valence-corrected chi connectivity index (χ1v) is 7.39. The van der Waals surface area contributed by atoms with Crippen molar-refractivity contribution in [1.29, 1.82) is 0 Å². The van der Waals surface area contributed by atoms with E-state index in [4.69, 9.17) is 4.74 Å². The second-order valence-electron chi connectivity index (χ2n) is 5.57. The first kappa shape index (κ1) is 15.1. The maximum atomic E-state index is 12.7. The molecular formula is C18H17NO4. The normalized spacial score (nSPS) is 16.7. The lowest BCUT2D eigenvalue weighted by Crippen LogP contribution is -2.48. The van der Waals surface area contributed by atoms with Crippen molar-refractivity contribution in [3.05, 3.63) is 54.1 Å². The Balaban J connectivity index is 1.94. The second kappa shape index (κ2) is 6.12. The van der Waals surface area contributed by atoms with Crippen LogP contribution in [0.4, 0.5) is 5.69 Å². The van der Waals surface area contributed by atoms with E-state index in [0.29, 0.717) is 17.9 Å². The molecule has 1 aliphatic rings. The summed E-state index contributed by atoms with van der Waals surface area (Å²) in [4.78, 5) is 25.6. The summed E-state index contributed by atoms with van der Waals surface area (Å²) in [6.45, 7) is 1.39. The van der Waals surface area contributed by atoms with Gasteiger partial charge in [-0.05, 0) is 24.6 Å². The minimum atomic E-state index is -0.686. The van der Waals surface area contributed by atoms with Crippen LogP contribution in [-0.4, -0.2) is 29.4 Å². The van der Waals surface area contributed by atoms with Gasteiger partial charge in [0.15, 0.2) is 6.10 Å². The van der Waals surface area contributed by atoms with E-state index < -0.39 is 6.10 Å². The minimum absolute atomic E-state index is 0.0233. The average Bonchev–Trinajstić information content (AvgIpc) is 2.53. The van der Waals surface area contributed by atoms with E-state index >= 15 is 0 Å². The number of anilines is 1. The molecule has 0 fully saturated rings. The average molecular weight is 311 g/mol. The highest BCUT2D eigenvalue weighted by Gasteiger charge is 2.35. The van der Waals surface area contributed by atoms with E-state index in [1.165, 1.54) is 24.0 Å². The largest absolute Gasteiger partial charge is 0.508 e. The summed E-state index contributed by atoms with van der Waals surface area (Å²) in [5, 5.41) is 9.65. The van der Waals surface area contributed by atoms with Gasteiger partial charge in [0.1, 0.15) is 17.3 Å². The van der Waals surface area contributed by atoms with Crippen LogP contribution >= 0.6 is 0 Å². The number of phenolic OH excluding ortho intramolecular Hbond substituents is 1. The number of carbonyl (C=O) groups is 2. The van der Waals surface area contributed by atoms with Crippen molar-refractivity contribution in [2.75, 3.05) is 11.4 Å². The van der Waals surface area contributed by atoms with Crippen LogP contribution in [0.3, 0.4) is 0 Å². The Bertz CT molecular complexity index is 742. The molecule has 0 aromatic heterocycles. The van der Waals surface area contributed by atoms with Crippen LogP contribution in [0.2, 0.25) is 0 Å². The van der Waals surface area contributed by atoms with Crippen LogP contribution < -0.4 is 9.64 Å². The molecule has 1 atom stereocenters. The van der Waals surface area contributed by atoms with E-state index in [2.05, 4.69) is 0 Å². The second-order valence-corrected chi connectivity index (χ2v) is 5.57. The van der Waals surface area contributed by atoms with Crippen LogP contribution in [0.25, 0.3) is 0 Å². The van der Waals surface area contributed by atoms with E-state index in [9.17, 15) is 14.7 Å². The van der Waals surface area contributed by atoms with Gasteiger partial charge in [-0.1, -0.05) is 30.3 Å². The van der Waals surface area contributed by atoms with Gasteiger partial charge in [-0.25, -0.2) is 0 Å². The molecule has 1 amide bonds. The fraction of sp³-hybridized carbons (Fsp3) is 0.222. The highest BCUT2D eigenvalue weighted by Crippen LogP contribution is 2.37. The maximum Gasteiger partial charge on any atom is 0.268 e. The van der Waals surface area contributed by atoms with Crippen LogP contribution in [0.15, 0.2) is 48.5 Å². The molecule has 0 bridgehead atoms. The van der Waals surface area contributed by atoms with Gasteiger partial charge in [-0.2, -0.15) is 0 Å². The molecular weight excluding hydrogens is 294 g/mol. The molecule has 1 N–H and O–H groups in total. The Morgan fingerprint density at radius 2 is 1.96 bits per heavy atom. The molecule has 1 heterocycles. The fourth-order valence-electron chi connectivity index (χ4n) is 2.66. The molecule has 1 unspecified atom stereocenters. The van der Waals surface area contributed by atoms with Gasteiger partial charge in [0.25, 0.3) is 5.91 Å². The van der Waals surface area contributed by atoms with Crippen LogP contribution in [0.1, 0.15) is 12.5 Å². The number of hydrogen-bond acceptors (Lipinski definition) is 4. The number of aromatic hydroxyl groups is 1. The Morgan fingerprint density at radius 3 is 2.65 bits per heavy atom. The van der Waals surface area contributed by atoms with Crippen molar-refractivity contribution < 1.29 is 19.4 Å². The third-order valence-corrected chi connectivity index (χ3v) is 3.69. The van der Waals surface area contributed by atoms with Gasteiger partial charge >= 0.3 is 0 Å². The van der Waals surface area contributed by atoms with Crippen molar-refractivity contribution >= 4 is 17.4 Å². The lowest BCUT2D eigenvalue weighted by Gasteiger charge is -2.34. The topological polar surface area (TPSA) is 66.8 Å². The third-order valence-electron chi connectivity index (χ3n) is 3.69. The van der Waals surface area contributed by atoms with Gasteiger partial charge in [-0.3, -0.25) is 14.5 Å². The van der Waals surface area contributed by atoms with E-state index in [0.717, 1.165) is 5.56 Å². The standard InChI is InChI=1S/C18H17NO4/c1-12(20)11-19-15-10-14(21)7-8-16(15)23-17(18(19)22)9-13-5-3-2-4-6-13/h2-8,10,17,21H,9,11H2,1H3. The number of rotatable bonds is 4. The van der Waals surface area contributed by atoms with Crippen molar-refractivity contribution in [3.8, 4) is 11.5 Å². The Hall–Kier alpha value is -2.82. The molecule has 0 radical (unpaired) electrons. The summed E-state index contributed by atoms with van der Waals surface area (Å²) in [7, 11) is 0. The molecule has 0 saturated carbocycles. The number of fused-ring (bicyclic) bond motifs is 1. The van der Waals surface area contributed by atoms with Crippen molar-refractivity contribution in [2.45, 2.75) is 19.4 Å². The zero-order valence-electron chi connectivity index (χ0n) is 12.7. The van der Waals surface area contributed by atoms with Crippen LogP contribution in [0.5, 0.6) is 11.5 Å². The highest BCUT2D eigenvalue weighted by atomic mass is 16.5. The monoisotopic (exact) mass is 311 g/mol. The highest BCUT2D eigenvalue weighted by molar-refractivity contribution is 6.04. The van der Waals surface area contributed by atoms with Crippen LogP contribution in [0, 0.1) is 0 Å². The molecule has 0 aliphatic carbocycles. The first-order valence-electron chi connectivity index (χ1n) is 7.39. The number of benzene rings is 2. The predicted octanol–water partition coefficient (Wildman–Crippen LogP) is 2.32. The molecule has 1 aliphatic heterocycles. The zero-order chi connectivity index (χ0) is 16.4. The van der Waals surface area contributed by atoms with Gasteiger partial charge in [0.05, 0.1) is 12.2 Å². The molecule has 3 rings (SSSR count). The summed E-state index contributed by atoms with van der Waals surface area (Å²) in [6.07, 6.45) is -0.261.